The third-order valence-electron chi connectivity index (χ3n) is 8.27. The lowest BCUT2D eigenvalue weighted by Crippen LogP contribution is -2.53. The standard InChI is InChI=1S/C25H43N5O8S2/c1-17(26)27-11-6-7-19(15-31)28-22(33)14-30(4)23(34)20(9-12-39(5,35)36)29-40(37,38)16-25-10-8-18(13-21(25)32)24(25,2)3/h15,18-20,29H,6-14,16H2,1-5H3,(H2,26,27)(H,28,33)/t18?,19-,20-,25+/m0/s1. The van der Waals surface area contributed by atoms with E-state index in [0.29, 0.717) is 44.3 Å². The summed E-state index contributed by atoms with van der Waals surface area (Å²) in [5.41, 5.74) is 3.87. The van der Waals surface area contributed by atoms with Crippen LogP contribution in [0.25, 0.3) is 0 Å². The molecule has 4 atom stereocenters. The minimum absolute atomic E-state index is 0.0928. The van der Waals surface area contributed by atoms with Crippen molar-refractivity contribution in [2.75, 3.05) is 37.9 Å². The first kappa shape index (κ1) is 33.8. The van der Waals surface area contributed by atoms with Gasteiger partial charge in [-0.05, 0) is 50.4 Å². The molecule has 0 aromatic heterocycles. The van der Waals surface area contributed by atoms with Gasteiger partial charge < -0.3 is 20.7 Å². The smallest absolute Gasteiger partial charge is 0.240 e. The second kappa shape index (κ2) is 13.1. The molecule has 40 heavy (non-hydrogen) atoms. The van der Waals surface area contributed by atoms with Gasteiger partial charge in [0.1, 0.15) is 27.9 Å². The van der Waals surface area contributed by atoms with Crippen molar-refractivity contribution in [1.82, 2.24) is 14.9 Å². The molecule has 0 heterocycles. The van der Waals surface area contributed by atoms with Gasteiger partial charge in [-0.15, -0.1) is 0 Å². The number of aliphatic imine (C=N–C) groups is 1. The molecule has 2 aliphatic rings. The summed E-state index contributed by atoms with van der Waals surface area (Å²) in [6.45, 7) is 5.31. The van der Waals surface area contributed by atoms with Gasteiger partial charge >= 0.3 is 0 Å². The third-order valence-corrected chi connectivity index (χ3v) is 10.8. The molecule has 0 radical (unpaired) electrons. The van der Waals surface area contributed by atoms with Gasteiger partial charge in [-0.2, -0.15) is 0 Å². The molecule has 2 rings (SSSR count). The van der Waals surface area contributed by atoms with Crippen LogP contribution < -0.4 is 15.8 Å². The number of carbonyl (C=O) groups excluding carboxylic acids is 4. The second-order valence-corrected chi connectivity index (χ2v) is 15.7. The molecule has 0 aromatic rings. The van der Waals surface area contributed by atoms with Crippen LogP contribution in [-0.4, -0.2) is 101 Å². The molecule has 228 valence electrons. The summed E-state index contributed by atoms with van der Waals surface area (Å²) in [4.78, 5) is 55.0. The molecule has 2 amide bonds. The number of Topliss-reactive ketones (excluding diaryl/α,β-unsaturated/α-hetero) is 1. The van der Waals surface area contributed by atoms with E-state index in [0.717, 1.165) is 17.6 Å². The van der Waals surface area contributed by atoms with Crippen molar-refractivity contribution in [3.63, 3.8) is 0 Å². The van der Waals surface area contributed by atoms with E-state index in [4.69, 9.17) is 5.73 Å². The normalized spacial score (nSPS) is 24.0. The molecule has 0 spiro atoms. The molecule has 0 aliphatic heterocycles. The number of hydrogen-bond acceptors (Lipinski definition) is 9. The number of aldehydes is 1. The summed E-state index contributed by atoms with van der Waals surface area (Å²) < 4.78 is 52.6. The fraction of sp³-hybridized carbons (Fsp3) is 0.800. The molecule has 2 aliphatic carbocycles. The Bertz CT molecular complexity index is 1230. The van der Waals surface area contributed by atoms with E-state index in [1.165, 1.54) is 7.05 Å². The van der Waals surface area contributed by atoms with Crippen molar-refractivity contribution in [3.8, 4) is 0 Å². The number of sulfonamides is 1. The number of likely N-dealkylation sites (N-methyl/N-ethyl adjacent to an activating group) is 1. The molecule has 13 nitrogen and oxygen atoms in total. The Labute approximate surface area is 237 Å². The monoisotopic (exact) mass is 605 g/mol. The number of sulfone groups is 1. The Balaban J connectivity index is 2.11. The highest BCUT2D eigenvalue weighted by molar-refractivity contribution is 7.90. The maximum Gasteiger partial charge on any atom is 0.240 e. The van der Waals surface area contributed by atoms with Crippen molar-refractivity contribution in [2.45, 2.75) is 71.4 Å². The average Bonchev–Trinajstić information content (AvgIpc) is 3.16. The summed E-state index contributed by atoms with van der Waals surface area (Å²) in [7, 11) is -6.48. The summed E-state index contributed by atoms with van der Waals surface area (Å²) in [5, 5.41) is 2.51. The van der Waals surface area contributed by atoms with Gasteiger partial charge in [0.15, 0.2) is 0 Å². The zero-order valence-electron chi connectivity index (χ0n) is 23.9. The molecule has 15 heteroatoms. The van der Waals surface area contributed by atoms with Crippen molar-refractivity contribution >= 4 is 49.6 Å². The first-order valence-corrected chi connectivity index (χ1v) is 17.0. The summed E-state index contributed by atoms with van der Waals surface area (Å²) in [6, 6.07) is -2.28. The quantitative estimate of drug-likeness (QED) is 0.0889. The molecular weight excluding hydrogens is 562 g/mol. The molecule has 4 N–H and O–H groups in total. The predicted molar refractivity (Wildman–Crippen MR) is 151 cm³/mol. The molecule has 0 saturated heterocycles. The largest absolute Gasteiger partial charge is 0.388 e. The number of amides is 2. The van der Waals surface area contributed by atoms with E-state index < -0.39 is 72.6 Å². The van der Waals surface area contributed by atoms with Gasteiger partial charge in [-0.25, -0.2) is 21.6 Å². The Morgan fingerprint density at radius 3 is 2.38 bits per heavy atom. The van der Waals surface area contributed by atoms with Crippen molar-refractivity contribution in [3.05, 3.63) is 0 Å². The van der Waals surface area contributed by atoms with Gasteiger partial charge in [0, 0.05) is 31.7 Å². The highest BCUT2D eigenvalue weighted by Gasteiger charge is 2.65. The Kier molecular flexibility index (Phi) is 11.0. The van der Waals surface area contributed by atoms with E-state index in [-0.39, 0.29) is 18.1 Å². The van der Waals surface area contributed by atoms with Crippen LogP contribution in [0.4, 0.5) is 0 Å². The van der Waals surface area contributed by atoms with Gasteiger partial charge in [-0.3, -0.25) is 19.4 Å². The van der Waals surface area contributed by atoms with E-state index in [9.17, 15) is 36.0 Å². The number of ketones is 1. The van der Waals surface area contributed by atoms with Crippen LogP contribution in [0.5, 0.6) is 0 Å². The van der Waals surface area contributed by atoms with Crippen LogP contribution in [0.1, 0.15) is 59.3 Å². The topological polar surface area (TPSA) is 202 Å². The molecule has 2 bridgehead atoms. The Hall–Kier alpha value is -2.39. The van der Waals surface area contributed by atoms with Crippen molar-refractivity contribution < 1.29 is 36.0 Å². The number of amidine groups is 1. The second-order valence-electron chi connectivity index (χ2n) is 11.7. The van der Waals surface area contributed by atoms with Gasteiger partial charge in [-0.1, -0.05) is 13.8 Å². The van der Waals surface area contributed by atoms with Crippen LogP contribution in [0.15, 0.2) is 4.99 Å². The molecule has 0 aromatic carbocycles. The van der Waals surface area contributed by atoms with Crippen LogP contribution in [0, 0.1) is 16.7 Å². The van der Waals surface area contributed by atoms with Crippen molar-refractivity contribution in [2.24, 2.45) is 27.5 Å². The van der Waals surface area contributed by atoms with Crippen LogP contribution in [0.3, 0.4) is 0 Å². The third kappa shape index (κ3) is 8.56. The lowest BCUT2D eigenvalue weighted by Gasteiger charge is -2.36. The Morgan fingerprint density at radius 2 is 1.88 bits per heavy atom. The molecule has 2 fully saturated rings. The maximum atomic E-state index is 13.3. The zero-order valence-corrected chi connectivity index (χ0v) is 25.6. The molecule has 1 unspecified atom stereocenters. The SMILES string of the molecule is CC(N)=NCCC[C@@H](C=O)NC(=O)CN(C)C(=O)[C@H](CCS(C)(=O)=O)NS(=O)(=O)C[C@]12CCC(CC1=O)C2(C)C. The van der Waals surface area contributed by atoms with Crippen LogP contribution in [-0.2, 0) is 39.0 Å². The number of nitrogens with two attached hydrogens (primary N) is 1. The summed E-state index contributed by atoms with van der Waals surface area (Å²) in [6.07, 6.45) is 3.47. The van der Waals surface area contributed by atoms with Crippen LogP contribution >= 0.6 is 0 Å². The highest BCUT2D eigenvalue weighted by atomic mass is 32.2. The predicted octanol–water partition coefficient (Wildman–Crippen LogP) is -0.596. The van der Waals surface area contributed by atoms with Crippen molar-refractivity contribution in [1.29, 1.82) is 0 Å². The van der Waals surface area contributed by atoms with Gasteiger partial charge in [0.2, 0.25) is 21.8 Å². The van der Waals surface area contributed by atoms with Gasteiger partial charge in [0.25, 0.3) is 0 Å². The molecule has 2 saturated carbocycles. The zero-order chi connectivity index (χ0) is 30.5. The fourth-order valence-electron chi connectivity index (χ4n) is 5.81. The number of carbonyl (C=O) groups is 4. The first-order chi connectivity index (χ1) is 18.3. The highest BCUT2D eigenvalue weighted by Crippen LogP contribution is 2.64. The number of nitrogens with one attached hydrogen (secondary N) is 2. The summed E-state index contributed by atoms with van der Waals surface area (Å²) in [5.74, 6) is -2.04. The minimum Gasteiger partial charge on any atom is -0.388 e. The van der Waals surface area contributed by atoms with Gasteiger partial charge in [0.05, 0.1) is 29.9 Å². The lowest BCUT2D eigenvalue weighted by atomic mass is 9.70. The van der Waals surface area contributed by atoms with E-state index in [1.54, 1.807) is 6.92 Å². The first-order valence-electron chi connectivity index (χ1n) is 13.3. The average molecular weight is 606 g/mol. The Morgan fingerprint density at radius 1 is 1.23 bits per heavy atom. The lowest BCUT2D eigenvalue weighted by molar-refractivity contribution is -0.136. The fourth-order valence-corrected chi connectivity index (χ4v) is 8.53. The van der Waals surface area contributed by atoms with E-state index in [1.807, 2.05) is 13.8 Å². The van der Waals surface area contributed by atoms with E-state index in [2.05, 4.69) is 15.0 Å². The summed E-state index contributed by atoms with van der Waals surface area (Å²) >= 11 is 0. The molecular formula is C25H43N5O8S2. The maximum absolute atomic E-state index is 13.3. The number of hydrogen-bond donors (Lipinski definition) is 3. The van der Waals surface area contributed by atoms with Crippen LogP contribution in [0.2, 0.25) is 0 Å². The number of fused-ring (bicyclic) bond motifs is 2. The number of nitrogens with zero attached hydrogens (tertiary/aromatic N) is 2. The minimum atomic E-state index is -4.21. The van der Waals surface area contributed by atoms with E-state index >= 15 is 0 Å². The number of rotatable bonds is 16.